The number of imidazole rings is 1. The molecule has 130 valence electrons. The molecule has 3 aromatic carbocycles. The SMILES string of the molecule is N#Cc1ccc(-c2[nH]c(-c3ccc(O)cc3)nc2-c2ccc(F)cc2)cc1. The van der Waals surface area contributed by atoms with Gasteiger partial charge in [0.05, 0.1) is 23.0 Å². The van der Waals surface area contributed by atoms with Crippen molar-refractivity contribution in [3.8, 4) is 45.7 Å². The molecule has 0 aliphatic carbocycles. The van der Waals surface area contributed by atoms with E-state index < -0.39 is 0 Å². The van der Waals surface area contributed by atoms with Gasteiger partial charge in [0.2, 0.25) is 0 Å². The Kier molecular flexibility index (Phi) is 4.15. The van der Waals surface area contributed by atoms with Crippen LogP contribution in [0.4, 0.5) is 4.39 Å². The van der Waals surface area contributed by atoms with E-state index in [9.17, 15) is 9.50 Å². The minimum Gasteiger partial charge on any atom is -0.508 e. The molecule has 0 aliphatic rings. The summed E-state index contributed by atoms with van der Waals surface area (Å²) in [4.78, 5) is 8.02. The van der Waals surface area contributed by atoms with Crippen molar-refractivity contribution < 1.29 is 9.50 Å². The standard InChI is InChI=1S/C22H14FN3O/c23-18-9-5-16(6-10-18)21-20(15-3-1-14(13-24)2-4-15)25-22(26-21)17-7-11-19(27)12-8-17/h1-12,27H,(H,25,26). The number of phenols is 1. The van der Waals surface area contributed by atoms with Crippen LogP contribution in [0.3, 0.4) is 0 Å². The normalized spacial score (nSPS) is 10.5. The number of rotatable bonds is 3. The topological polar surface area (TPSA) is 72.7 Å². The molecular weight excluding hydrogens is 341 g/mol. The highest BCUT2D eigenvalue weighted by Crippen LogP contribution is 2.33. The minimum absolute atomic E-state index is 0.177. The van der Waals surface area contributed by atoms with Crippen LogP contribution in [0.25, 0.3) is 33.9 Å². The van der Waals surface area contributed by atoms with Crippen molar-refractivity contribution in [1.29, 1.82) is 5.26 Å². The number of nitrogens with one attached hydrogen (secondary N) is 1. The molecular formula is C22H14FN3O. The molecule has 2 N–H and O–H groups in total. The van der Waals surface area contributed by atoms with Crippen LogP contribution in [0.1, 0.15) is 5.56 Å². The number of nitriles is 1. The Balaban J connectivity index is 1.87. The van der Waals surface area contributed by atoms with Gasteiger partial charge in [-0.2, -0.15) is 5.26 Å². The van der Waals surface area contributed by atoms with Crippen LogP contribution in [0.2, 0.25) is 0 Å². The minimum atomic E-state index is -0.312. The first-order valence-corrected chi connectivity index (χ1v) is 8.30. The van der Waals surface area contributed by atoms with E-state index in [1.165, 1.54) is 12.1 Å². The molecule has 0 radical (unpaired) electrons. The molecule has 27 heavy (non-hydrogen) atoms. The van der Waals surface area contributed by atoms with Gasteiger partial charge < -0.3 is 10.1 Å². The van der Waals surface area contributed by atoms with Gasteiger partial charge in [-0.15, -0.1) is 0 Å². The maximum atomic E-state index is 13.3. The average Bonchev–Trinajstić information content (AvgIpc) is 3.14. The molecule has 4 aromatic rings. The Morgan fingerprint density at radius 3 is 2.04 bits per heavy atom. The highest BCUT2D eigenvalue weighted by atomic mass is 19.1. The van der Waals surface area contributed by atoms with Crippen molar-refractivity contribution in [2.45, 2.75) is 0 Å². The first kappa shape index (κ1) is 16.6. The van der Waals surface area contributed by atoms with Crippen molar-refractivity contribution in [3.05, 3.63) is 84.2 Å². The third-order valence-corrected chi connectivity index (χ3v) is 4.26. The predicted molar refractivity (Wildman–Crippen MR) is 101 cm³/mol. The fraction of sp³-hybridized carbons (Fsp3) is 0. The molecule has 0 atom stereocenters. The van der Waals surface area contributed by atoms with E-state index in [1.807, 2.05) is 12.1 Å². The molecule has 0 unspecified atom stereocenters. The van der Waals surface area contributed by atoms with E-state index in [0.717, 1.165) is 22.4 Å². The lowest BCUT2D eigenvalue weighted by molar-refractivity contribution is 0.475. The molecule has 4 nitrogen and oxygen atoms in total. The van der Waals surface area contributed by atoms with Gasteiger partial charge in [0.1, 0.15) is 17.4 Å². The predicted octanol–water partition coefficient (Wildman–Crippen LogP) is 5.13. The van der Waals surface area contributed by atoms with Gasteiger partial charge in [0, 0.05) is 16.7 Å². The Morgan fingerprint density at radius 2 is 1.41 bits per heavy atom. The summed E-state index contributed by atoms with van der Waals surface area (Å²) in [6.45, 7) is 0. The number of H-pyrrole nitrogens is 1. The van der Waals surface area contributed by atoms with Gasteiger partial charge in [-0.25, -0.2) is 9.37 Å². The Hall–Kier alpha value is -3.91. The van der Waals surface area contributed by atoms with Gasteiger partial charge in [-0.3, -0.25) is 0 Å². The van der Waals surface area contributed by atoms with E-state index in [4.69, 9.17) is 10.2 Å². The van der Waals surface area contributed by atoms with Gasteiger partial charge in [0.15, 0.2) is 0 Å². The van der Waals surface area contributed by atoms with Crippen LogP contribution >= 0.6 is 0 Å². The van der Waals surface area contributed by atoms with Crippen LogP contribution in [-0.2, 0) is 0 Å². The molecule has 1 aromatic heterocycles. The van der Waals surface area contributed by atoms with Crippen molar-refractivity contribution in [2.24, 2.45) is 0 Å². The van der Waals surface area contributed by atoms with Crippen molar-refractivity contribution >= 4 is 0 Å². The number of hydrogen-bond donors (Lipinski definition) is 2. The number of benzene rings is 3. The van der Waals surface area contributed by atoms with Crippen LogP contribution in [0, 0.1) is 17.1 Å². The first-order chi connectivity index (χ1) is 13.1. The van der Waals surface area contributed by atoms with E-state index in [1.54, 1.807) is 48.5 Å². The fourth-order valence-corrected chi connectivity index (χ4v) is 2.87. The summed E-state index contributed by atoms with van der Waals surface area (Å²) in [5.74, 6) is 0.498. The third kappa shape index (κ3) is 3.29. The average molecular weight is 355 g/mol. The van der Waals surface area contributed by atoms with Crippen LogP contribution in [0.15, 0.2) is 72.8 Å². The quantitative estimate of drug-likeness (QED) is 0.535. The molecule has 5 heteroatoms. The van der Waals surface area contributed by atoms with Crippen molar-refractivity contribution in [2.75, 3.05) is 0 Å². The summed E-state index contributed by atoms with van der Waals surface area (Å²) < 4.78 is 13.3. The zero-order chi connectivity index (χ0) is 18.8. The molecule has 0 saturated carbocycles. The largest absolute Gasteiger partial charge is 0.508 e. The van der Waals surface area contributed by atoms with Gasteiger partial charge in [-0.05, 0) is 60.7 Å². The number of hydrogen-bond acceptors (Lipinski definition) is 3. The van der Waals surface area contributed by atoms with Crippen LogP contribution in [0.5, 0.6) is 5.75 Å². The second kappa shape index (κ2) is 6.77. The van der Waals surface area contributed by atoms with Crippen LogP contribution in [-0.4, -0.2) is 15.1 Å². The molecule has 0 spiro atoms. The monoisotopic (exact) mass is 355 g/mol. The fourth-order valence-electron chi connectivity index (χ4n) is 2.87. The maximum Gasteiger partial charge on any atom is 0.138 e. The molecule has 0 amide bonds. The number of nitrogens with zero attached hydrogens (tertiary/aromatic N) is 2. The van der Waals surface area contributed by atoms with E-state index in [0.29, 0.717) is 17.1 Å². The second-order valence-corrected chi connectivity index (χ2v) is 6.05. The Bertz CT molecular complexity index is 1120. The van der Waals surface area contributed by atoms with Gasteiger partial charge in [-0.1, -0.05) is 12.1 Å². The number of aromatic nitrogens is 2. The van der Waals surface area contributed by atoms with Crippen molar-refractivity contribution in [1.82, 2.24) is 9.97 Å². The molecule has 0 fully saturated rings. The number of aromatic amines is 1. The van der Waals surface area contributed by atoms with E-state index in [2.05, 4.69) is 11.1 Å². The lowest BCUT2D eigenvalue weighted by Crippen LogP contribution is -1.85. The second-order valence-electron chi connectivity index (χ2n) is 6.05. The smallest absolute Gasteiger partial charge is 0.138 e. The first-order valence-electron chi connectivity index (χ1n) is 8.30. The zero-order valence-corrected chi connectivity index (χ0v) is 14.1. The van der Waals surface area contributed by atoms with Crippen LogP contribution < -0.4 is 0 Å². The molecule has 0 aliphatic heterocycles. The lowest BCUT2D eigenvalue weighted by atomic mass is 10.0. The number of phenolic OH excluding ortho intramolecular Hbond substituents is 1. The van der Waals surface area contributed by atoms with E-state index >= 15 is 0 Å². The van der Waals surface area contributed by atoms with Gasteiger partial charge >= 0.3 is 0 Å². The zero-order valence-electron chi connectivity index (χ0n) is 14.1. The van der Waals surface area contributed by atoms with Gasteiger partial charge in [0.25, 0.3) is 0 Å². The molecule has 4 rings (SSSR count). The third-order valence-electron chi connectivity index (χ3n) is 4.26. The summed E-state index contributed by atoms with van der Waals surface area (Å²) >= 11 is 0. The number of halogens is 1. The maximum absolute atomic E-state index is 13.3. The highest BCUT2D eigenvalue weighted by molar-refractivity contribution is 5.81. The lowest BCUT2D eigenvalue weighted by Gasteiger charge is -2.03. The summed E-state index contributed by atoms with van der Waals surface area (Å²) in [7, 11) is 0. The molecule has 1 heterocycles. The molecule has 0 saturated heterocycles. The summed E-state index contributed by atoms with van der Waals surface area (Å²) in [6.07, 6.45) is 0. The highest BCUT2D eigenvalue weighted by Gasteiger charge is 2.15. The van der Waals surface area contributed by atoms with E-state index in [-0.39, 0.29) is 11.6 Å². The number of aromatic hydroxyl groups is 1. The molecule has 0 bridgehead atoms. The Morgan fingerprint density at radius 1 is 0.815 bits per heavy atom. The summed E-state index contributed by atoms with van der Waals surface area (Å²) in [6, 6.07) is 22.2. The Labute approximate surface area is 155 Å². The van der Waals surface area contributed by atoms with Crippen molar-refractivity contribution in [3.63, 3.8) is 0 Å². The summed E-state index contributed by atoms with van der Waals surface area (Å²) in [5, 5.41) is 18.5. The summed E-state index contributed by atoms with van der Waals surface area (Å²) in [5.41, 5.74) is 4.48.